The molecular formula is C17H21IN4O8. The van der Waals surface area contributed by atoms with Gasteiger partial charge in [-0.25, -0.2) is 4.79 Å². The van der Waals surface area contributed by atoms with Gasteiger partial charge in [0.1, 0.15) is 24.0 Å². The van der Waals surface area contributed by atoms with Crippen LogP contribution < -0.4 is 5.32 Å². The van der Waals surface area contributed by atoms with Gasteiger partial charge in [-0.05, 0) is 23.2 Å². The Bertz CT molecular complexity index is 788. The molecule has 0 bridgehead atoms. The van der Waals surface area contributed by atoms with Gasteiger partial charge in [-0.1, -0.05) is 39.8 Å². The van der Waals surface area contributed by atoms with E-state index in [1.807, 2.05) is 0 Å². The summed E-state index contributed by atoms with van der Waals surface area (Å²) in [5, 5.41) is 45.4. The van der Waals surface area contributed by atoms with E-state index in [0.29, 0.717) is 5.56 Å². The lowest BCUT2D eigenvalue weighted by Crippen LogP contribution is -2.65. The molecule has 1 amide bonds. The summed E-state index contributed by atoms with van der Waals surface area (Å²) in [7, 11) is 0. The predicted octanol–water partition coefficient (Wildman–Crippen LogP) is 0.0813. The van der Waals surface area contributed by atoms with Crippen LogP contribution in [0.25, 0.3) is 10.4 Å². The van der Waals surface area contributed by atoms with Gasteiger partial charge >= 0.3 is 5.97 Å². The molecular weight excluding hydrogens is 515 g/mol. The van der Waals surface area contributed by atoms with Crippen molar-refractivity contribution in [1.29, 1.82) is 0 Å². The quantitative estimate of drug-likeness (QED) is 0.0962. The van der Waals surface area contributed by atoms with Gasteiger partial charge in [0.05, 0.1) is 17.1 Å². The number of ether oxygens (including phenoxy) is 2. The molecule has 2 rings (SSSR count). The van der Waals surface area contributed by atoms with Crippen LogP contribution in [0.5, 0.6) is 5.75 Å². The molecule has 13 heteroatoms. The Balaban J connectivity index is 2.24. The molecule has 0 radical (unpaired) electrons. The number of benzene rings is 1. The SMILES string of the molecule is [N-]=[N+]=NC[C@H]1O[C@@H](OC(Cc2ccc(O)cc2)C(=O)O)[C@H](NC(=O)CI)[C@@H](O)[C@H]1O. The molecule has 0 aromatic heterocycles. The van der Waals surface area contributed by atoms with Gasteiger partial charge in [0, 0.05) is 11.3 Å². The van der Waals surface area contributed by atoms with Crippen molar-refractivity contribution >= 4 is 34.5 Å². The van der Waals surface area contributed by atoms with Crippen molar-refractivity contribution in [3.8, 4) is 5.75 Å². The Morgan fingerprint density at radius 2 is 1.97 bits per heavy atom. The van der Waals surface area contributed by atoms with Crippen molar-refractivity contribution in [2.45, 2.75) is 43.2 Å². The minimum Gasteiger partial charge on any atom is -0.508 e. The van der Waals surface area contributed by atoms with Gasteiger partial charge < -0.3 is 35.2 Å². The summed E-state index contributed by atoms with van der Waals surface area (Å²) in [5.41, 5.74) is 9.04. The third kappa shape index (κ3) is 6.42. The Hall–Kier alpha value is -2.16. The smallest absolute Gasteiger partial charge is 0.333 e. The van der Waals surface area contributed by atoms with Crippen molar-refractivity contribution in [3.63, 3.8) is 0 Å². The van der Waals surface area contributed by atoms with Crippen molar-refractivity contribution in [1.82, 2.24) is 5.32 Å². The van der Waals surface area contributed by atoms with E-state index in [4.69, 9.17) is 15.0 Å². The van der Waals surface area contributed by atoms with Crippen LogP contribution in [0.15, 0.2) is 29.4 Å². The molecule has 1 saturated heterocycles. The highest BCUT2D eigenvalue weighted by atomic mass is 127. The topological polar surface area (TPSA) is 194 Å². The Labute approximate surface area is 184 Å². The first-order chi connectivity index (χ1) is 14.3. The Morgan fingerprint density at radius 1 is 1.30 bits per heavy atom. The lowest BCUT2D eigenvalue weighted by atomic mass is 9.96. The number of carbonyl (C=O) groups is 2. The van der Waals surface area contributed by atoms with Crippen molar-refractivity contribution in [2.24, 2.45) is 5.11 Å². The van der Waals surface area contributed by atoms with E-state index in [0.717, 1.165) is 0 Å². The maximum absolute atomic E-state index is 11.8. The number of carbonyl (C=O) groups excluding carboxylic acids is 1. The molecule has 0 saturated carbocycles. The second-order valence-electron chi connectivity index (χ2n) is 6.50. The normalized spacial score (nSPS) is 27.0. The van der Waals surface area contributed by atoms with Crippen molar-refractivity contribution < 1.29 is 39.5 Å². The number of aliphatic carboxylic acids is 1. The first kappa shape index (κ1) is 24.1. The molecule has 1 aliphatic rings. The van der Waals surface area contributed by atoms with E-state index < -0.39 is 48.6 Å². The summed E-state index contributed by atoms with van der Waals surface area (Å²) in [5.74, 6) is -1.79. The van der Waals surface area contributed by atoms with Crippen molar-refractivity contribution in [2.75, 3.05) is 11.0 Å². The highest BCUT2D eigenvalue weighted by Gasteiger charge is 2.46. The van der Waals surface area contributed by atoms with Crippen LogP contribution in [-0.4, -0.2) is 80.0 Å². The van der Waals surface area contributed by atoms with E-state index in [1.54, 1.807) is 22.6 Å². The van der Waals surface area contributed by atoms with Crippen LogP contribution in [0.2, 0.25) is 0 Å². The Kier molecular flexibility index (Phi) is 9.08. The number of amides is 1. The molecule has 1 fully saturated rings. The number of hydrogen-bond acceptors (Lipinski definition) is 8. The zero-order chi connectivity index (χ0) is 22.3. The van der Waals surface area contributed by atoms with Crippen LogP contribution in [-0.2, 0) is 25.5 Å². The lowest BCUT2D eigenvalue weighted by molar-refractivity contribution is -0.273. The van der Waals surface area contributed by atoms with E-state index in [-0.39, 0.29) is 23.1 Å². The van der Waals surface area contributed by atoms with Gasteiger partial charge in [0.2, 0.25) is 5.91 Å². The highest BCUT2D eigenvalue weighted by molar-refractivity contribution is 14.1. The van der Waals surface area contributed by atoms with Crippen molar-refractivity contribution in [3.05, 3.63) is 40.3 Å². The molecule has 1 aliphatic heterocycles. The number of azide groups is 1. The molecule has 5 N–H and O–H groups in total. The standard InChI is InChI=1S/C17H21IN4O8/c18-6-12(24)21-13-15(26)14(25)11(7-20-22-19)30-17(13)29-10(16(27)28)5-8-1-3-9(23)4-2-8/h1-4,10-11,13-15,17,23,25-26H,5-7H2,(H,21,24)(H,27,28)/t10?,11-,13-,14+,15-,17-/m1/s1. The van der Waals surface area contributed by atoms with Crippen LogP contribution in [0, 0.1) is 0 Å². The first-order valence-electron chi connectivity index (χ1n) is 8.80. The number of nitrogens with zero attached hydrogens (tertiary/aromatic N) is 3. The number of phenolic OH excluding ortho intramolecular Hbond substituents is 1. The molecule has 1 aromatic rings. The van der Waals surface area contributed by atoms with Gasteiger partial charge in [0.25, 0.3) is 0 Å². The first-order valence-corrected chi connectivity index (χ1v) is 10.3. The third-order valence-corrected chi connectivity index (χ3v) is 5.10. The number of nitrogens with one attached hydrogen (secondary N) is 1. The number of carboxylic acids is 1. The molecule has 12 nitrogen and oxygen atoms in total. The molecule has 30 heavy (non-hydrogen) atoms. The minimum atomic E-state index is -1.56. The number of rotatable bonds is 9. The third-order valence-electron chi connectivity index (χ3n) is 4.41. The molecule has 164 valence electrons. The van der Waals surface area contributed by atoms with Crippen LogP contribution >= 0.6 is 22.6 Å². The number of carboxylic acid groups (broad SMARTS) is 1. The summed E-state index contributed by atoms with van der Waals surface area (Å²) < 4.78 is 11.2. The summed E-state index contributed by atoms with van der Waals surface area (Å²) in [4.78, 5) is 26.2. The number of halogens is 1. The predicted molar refractivity (Wildman–Crippen MR) is 110 cm³/mol. The number of alkyl halides is 1. The zero-order valence-corrected chi connectivity index (χ0v) is 17.7. The summed E-state index contributed by atoms with van der Waals surface area (Å²) >= 11 is 1.80. The fourth-order valence-electron chi connectivity index (χ4n) is 2.90. The minimum absolute atomic E-state index is 0.0155. The monoisotopic (exact) mass is 536 g/mol. The number of hydrogen-bond donors (Lipinski definition) is 5. The van der Waals surface area contributed by atoms with Gasteiger partial charge in [-0.3, -0.25) is 4.79 Å². The second-order valence-corrected chi connectivity index (χ2v) is 7.26. The van der Waals surface area contributed by atoms with Gasteiger partial charge in [-0.2, -0.15) is 0 Å². The second kappa shape index (κ2) is 11.3. The van der Waals surface area contributed by atoms with E-state index in [2.05, 4.69) is 15.3 Å². The molecule has 0 spiro atoms. The van der Waals surface area contributed by atoms with Crippen LogP contribution in [0.4, 0.5) is 0 Å². The number of aromatic hydroxyl groups is 1. The average Bonchev–Trinajstić information content (AvgIpc) is 2.72. The maximum atomic E-state index is 11.8. The molecule has 0 aliphatic carbocycles. The summed E-state index contributed by atoms with van der Waals surface area (Å²) in [6, 6.07) is 4.57. The van der Waals surface area contributed by atoms with Crippen LogP contribution in [0.3, 0.4) is 0 Å². The fourth-order valence-corrected chi connectivity index (χ4v) is 3.12. The number of phenols is 1. The highest BCUT2D eigenvalue weighted by Crippen LogP contribution is 2.25. The van der Waals surface area contributed by atoms with E-state index in [1.165, 1.54) is 24.3 Å². The summed E-state index contributed by atoms with van der Waals surface area (Å²) in [6.07, 6.45) is -7.19. The molecule has 1 heterocycles. The number of aliphatic hydroxyl groups excluding tert-OH is 2. The Morgan fingerprint density at radius 3 is 2.53 bits per heavy atom. The van der Waals surface area contributed by atoms with Gasteiger partial charge in [-0.15, -0.1) is 0 Å². The zero-order valence-electron chi connectivity index (χ0n) is 15.5. The van der Waals surface area contributed by atoms with Crippen LogP contribution in [0.1, 0.15) is 5.56 Å². The van der Waals surface area contributed by atoms with E-state index >= 15 is 0 Å². The molecule has 1 unspecified atom stereocenters. The van der Waals surface area contributed by atoms with E-state index in [9.17, 15) is 30.0 Å². The molecule has 1 aromatic carbocycles. The maximum Gasteiger partial charge on any atom is 0.333 e. The van der Waals surface area contributed by atoms with Gasteiger partial charge in [0.15, 0.2) is 12.4 Å². The largest absolute Gasteiger partial charge is 0.508 e. The lowest BCUT2D eigenvalue weighted by Gasteiger charge is -2.43. The fraction of sp³-hybridized carbons (Fsp3) is 0.529. The molecule has 6 atom stereocenters. The average molecular weight is 536 g/mol. The summed E-state index contributed by atoms with van der Waals surface area (Å²) in [6.45, 7) is -0.336. The number of aliphatic hydroxyl groups is 2.